The van der Waals surface area contributed by atoms with Gasteiger partial charge < -0.3 is 5.32 Å². The minimum atomic E-state index is 0.0481. The minimum Gasteiger partial charge on any atom is -0.326 e. The fourth-order valence-electron chi connectivity index (χ4n) is 2.24. The van der Waals surface area contributed by atoms with Gasteiger partial charge in [0.05, 0.1) is 0 Å². The van der Waals surface area contributed by atoms with Crippen LogP contribution in [0.25, 0.3) is 0 Å². The first-order valence-corrected chi connectivity index (χ1v) is 4.96. The van der Waals surface area contributed by atoms with Gasteiger partial charge in [-0.3, -0.25) is 4.79 Å². The summed E-state index contributed by atoms with van der Waals surface area (Å²) in [6.07, 6.45) is 8.12. The van der Waals surface area contributed by atoms with Gasteiger partial charge in [-0.2, -0.15) is 0 Å². The molecule has 0 aromatic rings. The zero-order valence-electron chi connectivity index (χ0n) is 8.02. The molecule has 2 aliphatic rings. The lowest BCUT2D eigenvalue weighted by Gasteiger charge is -2.16. The molecule has 2 heteroatoms. The first-order valence-electron chi connectivity index (χ1n) is 4.96. The van der Waals surface area contributed by atoms with Crippen LogP contribution < -0.4 is 5.32 Å². The van der Waals surface area contributed by atoms with E-state index in [9.17, 15) is 4.79 Å². The summed E-state index contributed by atoms with van der Waals surface area (Å²) in [5.41, 5.74) is 4.08. The summed E-state index contributed by atoms with van der Waals surface area (Å²) in [6.45, 7) is 1.57. The lowest BCUT2D eigenvalue weighted by Crippen LogP contribution is -2.21. The third-order valence-electron chi connectivity index (χ3n) is 2.76. The van der Waals surface area contributed by atoms with E-state index in [1.54, 1.807) is 12.5 Å². The van der Waals surface area contributed by atoms with Crippen LogP contribution in [0, 0.1) is 0 Å². The Morgan fingerprint density at radius 1 is 1.38 bits per heavy atom. The molecule has 0 bridgehead atoms. The highest BCUT2D eigenvalue weighted by molar-refractivity contribution is 5.76. The van der Waals surface area contributed by atoms with Crippen molar-refractivity contribution >= 4 is 5.91 Å². The van der Waals surface area contributed by atoms with Gasteiger partial charge in [0.2, 0.25) is 5.91 Å². The number of carbonyl (C=O) groups is 1. The Labute approximate surface area is 78.7 Å². The molecule has 13 heavy (non-hydrogen) atoms. The Bertz CT molecular complexity index is 299. The Morgan fingerprint density at radius 2 is 2.23 bits per heavy atom. The predicted molar refractivity (Wildman–Crippen MR) is 52.0 cm³/mol. The summed E-state index contributed by atoms with van der Waals surface area (Å²) in [6, 6.07) is 0. The summed E-state index contributed by atoms with van der Waals surface area (Å²) in [7, 11) is 0. The quantitative estimate of drug-likeness (QED) is 0.654. The smallest absolute Gasteiger partial charge is 0.221 e. The van der Waals surface area contributed by atoms with Crippen molar-refractivity contribution in [3.05, 3.63) is 22.9 Å². The highest BCUT2D eigenvalue weighted by atomic mass is 16.1. The number of hydrogen-bond donors (Lipinski definition) is 1. The molecule has 0 saturated carbocycles. The second kappa shape index (κ2) is 3.36. The molecule has 1 amide bonds. The van der Waals surface area contributed by atoms with E-state index in [-0.39, 0.29) is 5.91 Å². The molecule has 0 radical (unpaired) electrons. The predicted octanol–water partition coefficient (Wildman–Crippen LogP) is 2.28. The number of allylic oxidation sites excluding steroid dienone is 3. The minimum absolute atomic E-state index is 0.0481. The van der Waals surface area contributed by atoms with Crippen LogP contribution in [0.2, 0.25) is 0 Å². The number of amides is 1. The van der Waals surface area contributed by atoms with Crippen molar-refractivity contribution in [1.82, 2.24) is 5.32 Å². The van der Waals surface area contributed by atoms with Crippen LogP contribution in [0.5, 0.6) is 0 Å². The molecule has 0 saturated heterocycles. The number of hydrogen-bond acceptors (Lipinski definition) is 1. The van der Waals surface area contributed by atoms with Crippen molar-refractivity contribution in [2.75, 3.05) is 0 Å². The van der Waals surface area contributed by atoms with Crippen molar-refractivity contribution in [2.24, 2.45) is 0 Å². The molecule has 0 spiro atoms. The maximum absolute atomic E-state index is 10.9. The maximum Gasteiger partial charge on any atom is 0.221 e. The molecule has 0 fully saturated rings. The summed E-state index contributed by atoms with van der Waals surface area (Å²) in [5.74, 6) is 0.0481. The molecule has 0 aromatic heterocycles. The van der Waals surface area contributed by atoms with Crippen LogP contribution in [0.4, 0.5) is 0 Å². The molecule has 1 N–H and O–H groups in total. The summed E-state index contributed by atoms with van der Waals surface area (Å²) in [4.78, 5) is 10.9. The first kappa shape index (κ1) is 8.54. The molecule has 0 unspecified atom stereocenters. The van der Waals surface area contributed by atoms with Gasteiger partial charge in [-0.25, -0.2) is 0 Å². The van der Waals surface area contributed by atoms with Crippen LogP contribution in [0.1, 0.15) is 39.0 Å². The molecule has 0 aliphatic heterocycles. The van der Waals surface area contributed by atoms with Gasteiger partial charge in [0.1, 0.15) is 0 Å². The zero-order valence-corrected chi connectivity index (χ0v) is 8.02. The molecule has 0 aromatic carbocycles. The lowest BCUT2D eigenvalue weighted by molar-refractivity contribution is -0.118. The number of carbonyl (C=O) groups excluding carboxylic acids is 1. The second-order valence-corrected chi connectivity index (χ2v) is 3.77. The number of nitrogens with one attached hydrogen (secondary N) is 1. The van der Waals surface area contributed by atoms with Crippen LogP contribution in [0.3, 0.4) is 0 Å². The first-order chi connectivity index (χ1) is 6.27. The third kappa shape index (κ3) is 1.67. The molecular weight excluding hydrogens is 162 g/mol. The van der Waals surface area contributed by atoms with Crippen molar-refractivity contribution < 1.29 is 4.79 Å². The van der Waals surface area contributed by atoms with Crippen LogP contribution in [-0.2, 0) is 4.79 Å². The topological polar surface area (TPSA) is 29.1 Å². The van der Waals surface area contributed by atoms with Crippen LogP contribution in [-0.4, -0.2) is 5.91 Å². The van der Waals surface area contributed by atoms with Crippen molar-refractivity contribution in [3.63, 3.8) is 0 Å². The molecule has 0 heterocycles. The van der Waals surface area contributed by atoms with Gasteiger partial charge in [-0.15, -0.1) is 0 Å². The summed E-state index contributed by atoms with van der Waals surface area (Å²) < 4.78 is 0. The summed E-state index contributed by atoms with van der Waals surface area (Å²) >= 11 is 0. The second-order valence-electron chi connectivity index (χ2n) is 3.77. The van der Waals surface area contributed by atoms with E-state index in [1.807, 2.05) is 0 Å². The van der Waals surface area contributed by atoms with Gasteiger partial charge in [-0.1, -0.05) is 11.6 Å². The van der Waals surface area contributed by atoms with E-state index < -0.39 is 0 Å². The molecule has 2 aliphatic carbocycles. The van der Waals surface area contributed by atoms with Gasteiger partial charge in [0, 0.05) is 12.6 Å². The van der Waals surface area contributed by atoms with E-state index >= 15 is 0 Å². The van der Waals surface area contributed by atoms with E-state index in [2.05, 4.69) is 11.4 Å². The van der Waals surface area contributed by atoms with Gasteiger partial charge in [-0.05, 0) is 37.7 Å². The molecule has 0 atom stereocenters. The van der Waals surface area contributed by atoms with E-state index in [0.29, 0.717) is 0 Å². The standard InChI is InChI=1S/C11H15NO/c1-8(13)12-11-7-3-5-9-4-2-6-10(9)11/h7H,2-6H2,1H3,(H,12,13). The molecular formula is C11H15NO. The molecule has 70 valence electrons. The SMILES string of the molecule is CC(=O)NC1=CCCC2=C1CCC2. The van der Waals surface area contributed by atoms with Crippen LogP contribution in [0.15, 0.2) is 22.9 Å². The Balaban J connectivity index is 2.18. The van der Waals surface area contributed by atoms with Crippen molar-refractivity contribution in [3.8, 4) is 0 Å². The average Bonchev–Trinajstić information content (AvgIpc) is 2.51. The highest BCUT2D eigenvalue weighted by Crippen LogP contribution is 2.36. The third-order valence-corrected chi connectivity index (χ3v) is 2.76. The Morgan fingerprint density at radius 3 is 3.00 bits per heavy atom. The monoisotopic (exact) mass is 177 g/mol. The zero-order chi connectivity index (χ0) is 9.26. The fourth-order valence-corrected chi connectivity index (χ4v) is 2.24. The van der Waals surface area contributed by atoms with Crippen LogP contribution >= 0.6 is 0 Å². The summed E-state index contributed by atoms with van der Waals surface area (Å²) in [5, 5.41) is 2.92. The molecule has 2 rings (SSSR count). The molecule has 2 nitrogen and oxygen atoms in total. The lowest BCUT2D eigenvalue weighted by atomic mass is 9.97. The van der Waals surface area contributed by atoms with E-state index in [0.717, 1.165) is 18.5 Å². The average molecular weight is 177 g/mol. The highest BCUT2D eigenvalue weighted by Gasteiger charge is 2.20. The van der Waals surface area contributed by atoms with Gasteiger partial charge in [0.25, 0.3) is 0 Å². The fraction of sp³-hybridized carbons (Fsp3) is 0.545. The van der Waals surface area contributed by atoms with Gasteiger partial charge in [0.15, 0.2) is 0 Å². The van der Waals surface area contributed by atoms with Crippen molar-refractivity contribution in [1.29, 1.82) is 0 Å². The van der Waals surface area contributed by atoms with E-state index in [4.69, 9.17) is 0 Å². The van der Waals surface area contributed by atoms with E-state index in [1.165, 1.54) is 24.8 Å². The largest absolute Gasteiger partial charge is 0.326 e. The number of rotatable bonds is 1. The normalized spacial score (nSPS) is 21.2. The Kier molecular flexibility index (Phi) is 2.21. The Hall–Kier alpha value is -1.05. The maximum atomic E-state index is 10.9. The van der Waals surface area contributed by atoms with Gasteiger partial charge >= 0.3 is 0 Å². The van der Waals surface area contributed by atoms with Crippen molar-refractivity contribution in [2.45, 2.75) is 39.0 Å².